The van der Waals surface area contributed by atoms with Crippen molar-refractivity contribution in [3.63, 3.8) is 0 Å². The van der Waals surface area contributed by atoms with E-state index >= 15 is 0 Å². The third-order valence-electron chi connectivity index (χ3n) is 5.34. The topological polar surface area (TPSA) is 12.0 Å². The van der Waals surface area contributed by atoms with Crippen LogP contribution in [0.5, 0.6) is 0 Å². The molecule has 0 atom stereocenters. The van der Waals surface area contributed by atoms with Crippen LogP contribution in [0.4, 0.5) is 11.4 Å². The fourth-order valence-electron chi connectivity index (χ4n) is 3.49. The van der Waals surface area contributed by atoms with E-state index in [4.69, 9.17) is 0 Å². The number of anilines is 2. The summed E-state index contributed by atoms with van der Waals surface area (Å²) in [6, 6.07) is 15.6. The van der Waals surface area contributed by atoms with Crippen molar-refractivity contribution < 1.29 is 0 Å². The number of aryl methyl sites for hydroxylation is 2. The molecular weight excluding hydrogens is 302 g/mol. The third-order valence-corrected chi connectivity index (χ3v) is 5.34. The normalized spacial score (nSPS) is 11.6. The van der Waals surface area contributed by atoms with Gasteiger partial charge in [0.25, 0.3) is 0 Å². The molecule has 1 N–H and O–H groups in total. The van der Waals surface area contributed by atoms with Gasteiger partial charge in [-0.3, -0.25) is 0 Å². The van der Waals surface area contributed by atoms with Crippen LogP contribution < -0.4 is 5.32 Å². The molecule has 0 bridgehead atoms. The van der Waals surface area contributed by atoms with Crippen molar-refractivity contribution in [2.75, 3.05) is 5.32 Å². The van der Waals surface area contributed by atoms with Crippen LogP contribution >= 0.6 is 0 Å². The molecule has 1 heteroatoms. The summed E-state index contributed by atoms with van der Waals surface area (Å²) in [6.45, 7) is 11.5. The maximum atomic E-state index is 3.67. The lowest BCUT2D eigenvalue weighted by atomic mass is 9.79. The molecule has 2 rings (SSSR count). The molecule has 0 aromatic heterocycles. The Morgan fingerprint density at radius 3 is 2.16 bits per heavy atom. The minimum absolute atomic E-state index is 0.249. The van der Waals surface area contributed by atoms with E-state index in [9.17, 15) is 0 Å². The molecule has 2 aromatic carbocycles. The molecule has 0 spiro atoms. The number of hydrogen-bond donors (Lipinski definition) is 1. The van der Waals surface area contributed by atoms with Gasteiger partial charge in [0.05, 0.1) is 0 Å². The van der Waals surface area contributed by atoms with Crippen LogP contribution in [0.15, 0.2) is 42.5 Å². The van der Waals surface area contributed by atoms with E-state index in [1.54, 1.807) is 0 Å². The van der Waals surface area contributed by atoms with Crippen molar-refractivity contribution in [2.24, 2.45) is 0 Å². The Bertz CT molecular complexity index is 670. The summed E-state index contributed by atoms with van der Waals surface area (Å²) in [5.41, 5.74) is 6.97. The van der Waals surface area contributed by atoms with E-state index in [1.165, 1.54) is 53.7 Å². The zero-order valence-electron chi connectivity index (χ0n) is 16.8. The first kappa shape index (κ1) is 19.6. The van der Waals surface area contributed by atoms with Crippen LogP contribution in [0.2, 0.25) is 0 Å². The maximum Gasteiger partial charge on any atom is 0.0416 e. The molecule has 0 aliphatic carbocycles. The Balaban J connectivity index is 2.24. The molecule has 25 heavy (non-hydrogen) atoms. The van der Waals surface area contributed by atoms with Gasteiger partial charge in [-0.2, -0.15) is 0 Å². The van der Waals surface area contributed by atoms with Crippen LogP contribution in [-0.2, 0) is 18.3 Å². The third kappa shape index (κ3) is 5.11. The van der Waals surface area contributed by atoms with Crippen LogP contribution in [0.3, 0.4) is 0 Å². The van der Waals surface area contributed by atoms with Crippen LogP contribution in [0.25, 0.3) is 0 Å². The summed E-state index contributed by atoms with van der Waals surface area (Å²) < 4.78 is 0. The van der Waals surface area contributed by atoms with Gasteiger partial charge >= 0.3 is 0 Å². The first-order valence-corrected chi connectivity index (χ1v) is 10.00. The molecule has 0 unspecified atom stereocenters. The lowest BCUT2D eigenvalue weighted by molar-refractivity contribution is 0.450. The second kappa shape index (κ2) is 9.08. The van der Waals surface area contributed by atoms with Gasteiger partial charge < -0.3 is 5.32 Å². The average molecular weight is 338 g/mol. The largest absolute Gasteiger partial charge is 0.355 e. The van der Waals surface area contributed by atoms with E-state index in [0.717, 1.165) is 12.8 Å². The standard InChI is InChI=1S/C24H35N/c1-6-9-12-17-24(4,5)21-15-16-23(20(8-3)18-21)25-22-14-11-10-13-19(22)7-2/h10-11,13-16,18,25H,6-9,12,17H2,1-5H3. The van der Waals surface area contributed by atoms with Gasteiger partial charge in [0, 0.05) is 11.4 Å². The van der Waals surface area contributed by atoms with Gasteiger partial charge in [0.1, 0.15) is 0 Å². The van der Waals surface area contributed by atoms with Gasteiger partial charge in [-0.15, -0.1) is 0 Å². The summed E-state index contributed by atoms with van der Waals surface area (Å²) >= 11 is 0. The lowest BCUT2D eigenvalue weighted by Gasteiger charge is -2.27. The highest BCUT2D eigenvalue weighted by molar-refractivity contribution is 5.66. The summed E-state index contributed by atoms with van der Waals surface area (Å²) in [4.78, 5) is 0. The highest BCUT2D eigenvalue weighted by Crippen LogP contribution is 2.33. The SMILES string of the molecule is CCCCCC(C)(C)c1ccc(Nc2ccccc2CC)c(CC)c1. The van der Waals surface area contributed by atoms with Crippen LogP contribution in [0.1, 0.15) is 77.0 Å². The lowest BCUT2D eigenvalue weighted by Crippen LogP contribution is -2.17. The monoisotopic (exact) mass is 337 g/mol. The minimum atomic E-state index is 0.249. The van der Waals surface area contributed by atoms with Crippen LogP contribution in [-0.4, -0.2) is 0 Å². The maximum absolute atomic E-state index is 3.67. The minimum Gasteiger partial charge on any atom is -0.355 e. The molecule has 0 saturated heterocycles. The molecule has 0 aliphatic rings. The molecule has 0 fully saturated rings. The molecule has 2 aromatic rings. The molecular formula is C24H35N. The first-order valence-electron chi connectivity index (χ1n) is 10.00. The summed E-state index contributed by atoms with van der Waals surface area (Å²) in [6.07, 6.45) is 7.29. The summed E-state index contributed by atoms with van der Waals surface area (Å²) in [5, 5.41) is 3.67. The molecule has 136 valence electrons. The summed E-state index contributed by atoms with van der Waals surface area (Å²) in [5.74, 6) is 0. The quantitative estimate of drug-likeness (QED) is 0.470. The number of nitrogens with one attached hydrogen (secondary N) is 1. The Labute approximate surface area is 154 Å². The molecule has 0 saturated carbocycles. The van der Waals surface area contributed by atoms with Gasteiger partial charge in [0.2, 0.25) is 0 Å². The van der Waals surface area contributed by atoms with E-state index in [2.05, 4.69) is 82.4 Å². The van der Waals surface area contributed by atoms with Crippen molar-refractivity contribution in [2.45, 2.75) is 78.6 Å². The van der Waals surface area contributed by atoms with E-state index < -0.39 is 0 Å². The Hall–Kier alpha value is -1.76. The number of hydrogen-bond acceptors (Lipinski definition) is 1. The second-order valence-electron chi connectivity index (χ2n) is 7.70. The van der Waals surface area contributed by atoms with Crippen molar-refractivity contribution in [3.05, 3.63) is 59.2 Å². The molecule has 0 heterocycles. The predicted molar refractivity (Wildman–Crippen MR) is 112 cm³/mol. The van der Waals surface area contributed by atoms with Gasteiger partial charge in [0.15, 0.2) is 0 Å². The fourth-order valence-corrected chi connectivity index (χ4v) is 3.49. The van der Waals surface area contributed by atoms with E-state index in [0.29, 0.717) is 0 Å². The fraction of sp³-hybridized carbons (Fsp3) is 0.500. The Kier molecular flexibility index (Phi) is 7.11. The zero-order chi connectivity index (χ0) is 18.3. The smallest absolute Gasteiger partial charge is 0.0416 e. The molecule has 1 nitrogen and oxygen atoms in total. The highest BCUT2D eigenvalue weighted by atomic mass is 14.9. The first-order chi connectivity index (χ1) is 12.0. The molecule has 0 aliphatic heterocycles. The van der Waals surface area contributed by atoms with E-state index in [1.807, 2.05) is 0 Å². The molecule has 0 amide bonds. The number of para-hydroxylation sites is 1. The van der Waals surface area contributed by atoms with E-state index in [-0.39, 0.29) is 5.41 Å². The summed E-state index contributed by atoms with van der Waals surface area (Å²) in [7, 11) is 0. The highest BCUT2D eigenvalue weighted by Gasteiger charge is 2.21. The molecule has 0 radical (unpaired) electrons. The van der Waals surface area contributed by atoms with Crippen LogP contribution in [0, 0.1) is 0 Å². The van der Waals surface area contributed by atoms with Gasteiger partial charge in [-0.05, 0) is 53.5 Å². The van der Waals surface area contributed by atoms with Crippen molar-refractivity contribution in [3.8, 4) is 0 Å². The zero-order valence-corrected chi connectivity index (χ0v) is 16.8. The van der Waals surface area contributed by atoms with Gasteiger partial charge in [-0.25, -0.2) is 0 Å². The number of benzene rings is 2. The Morgan fingerprint density at radius 1 is 0.800 bits per heavy atom. The predicted octanol–water partition coefficient (Wildman–Crippen LogP) is 7.41. The van der Waals surface area contributed by atoms with Gasteiger partial charge in [-0.1, -0.05) is 84.2 Å². The average Bonchev–Trinajstić information content (AvgIpc) is 2.62. The number of rotatable bonds is 9. The van der Waals surface area contributed by atoms with Crippen molar-refractivity contribution in [1.29, 1.82) is 0 Å². The Morgan fingerprint density at radius 2 is 1.48 bits per heavy atom. The van der Waals surface area contributed by atoms with Crippen molar-refractivity contribution >= 4 is 11.4 Å². The number of unbranched alkanes of at least 4 members (excludes halogenated alkanes) is 2. The van der Waals surface area contributed by atoms with Crippen molar-refractivity contribution in [1.82, 2.24) is 0 Å². The second-order valence-corrected chi connectivity index (χ2v) is 7.70.